The van der Waals surface area contributed by atoms with Crippen molar-refractivity contribution in [3.05, 3.63) is 80.8 Å². The minimum absolute atomic E-state index is 0.0121. The number of hydrogen-bond acceptors (Lipinski definition) is 3. The molecule has 0 unspecified atom stereocenters. The van der Waals surface area contributed by atoms with Crippen molar-refractivity contribution in [2.24, 2.45) is 0 Å². The molecule has 3 rings (SSSR count). The zero-order valence-electron chi connectivity index (χ0n) is 16.3. The normalized spacial score (nSPS) is 14.9. The van der Waals surface area contributed by atoms with Gasteiger partial charge in [0.1, 0.15) is 5.82 Å². The Labute approximate surface area is 184 Å². The van der Waals surface area contributed by atoms with Crippen LogP contribution in [0.15, 0.2) is 53.8 Å². The molecule has 0 saturated heterocycles. The fraction of sp³-hybridized carbons (Fsp3) is 0.273. The van der Waals surface area contributed by atoms with Gasteiger partial charge < -0.3 is 15.3 Å². The number of aliphatic hydroxyl groups is 1. The molecule has 2 amide bonds. The van der Waals surface area contributed by atoms with Crippen LogP contribution in [0, 0.1) is 5.82 Å². The number of benzene rings is 2. The maximum absolute atomic E-state index is 13.1. The molecule has 2 N–H and O–H groups in total. The summed E-state index contributed by atoms with van der Waals surface area (Å²) in [6.45, 7) is 2.12. The Balaban J connectivity index is 1.54. The lowest BCUT2D eigenvalue weighted by Crippen LogP contribution is -2.32. The summed E-state index contributed by atoms with van der Waals surface area (Å²) < 4.78 is 13.1. The second-order valence-electron chi connectivity index (χ2n) is 7.10. The number of carbonyl (C=O) groups excluding carboxylic acids is 2. The van der Waals surface area contributed by atoms with E-state index in [2.05, 4.69) is 5.32 Å². The number of aliphatic hydroxyl groups excluding tert-OH is 1. The monoisotopic (exact) mass is 450 g/mol. The summed E-state index contributed by atoms with van der Waals surface area (Å²) in [5, 5.41) is 13.9. The number of nitrogens with one attached hydrogen (secondary N) is 1. The summed E-state index contributed by atoms with van der Waals surface area (Å²) in [5.41, 5.74) is 1.74. The number of hydrogen-bond donors (Lipinski definition) is 2. The first-order valence-electron chi connectivity index (χ1n) is 9.48. The molecule has 158 valence electrons. The fourth-order valence-corrected chi connectivity index (χ4v) is 3.61. The predicted octanol–water partition coefficient (Wildman–Crippen LogP) is 4.60. The molecule has 0 aliphatic carbocycles. The van der Waals surface area contributed by atoms with Gasteiger partial charge in [0.05, 0.1) is 28.2 Å². The fourth-order valence-electron chi connectivity index (χ4n) is 3.29. The van der Waals surface area contributed by atoms with Crippen molar-refractivity contribution in [1.82, 2.24) is 10.2 Å². The molecule has 1 aliphatic rings. The van der Waals surface area contributed by atoms with Gasteiger partial charge in [-0.2, -0.15) is 0 Å². The van der Waals surface area contributed by atoms with E-state index in [4.69, 9.17) is 23.2 Å². The van der Waals surface area contributed by atoms with Gasteiger partial charge in [-0.15, -0.1) is 0 Å². The first-order chi connectivity index (χ1) is 14.3. The van der Waals surface area contributed by atoms with Crippen LogP contribution in [0.4, 0.5) is 4.39 Å². The van der Waals surface area contributed by atoms with Crippen LogP contribution in [0.25, 0.3) is 0 Å². The largest absolute Gasteiger partial charge is 0.503 e. The molecule has 2 aromatic rings. The van der Waals surface area contributed by atoms with Gasteiger partial charge in [0.25, 0.3) is 11.8 Å². The smallest absolute Gasteiger partial charge is 0.290 e. The molecule has 30 heavy (non-hydrogen) atoms. The number of amides is 2. The van der Waals surface area contributed by atoms with Crippen LogP contribution in [0.3, 0.4) is 0 Å². The lowest BCUT2D eigenvalue weighted by Gasteiger charge is -2.24. The van der Waals surface area contributed by atoms with E-state index in [1.165, 1.54) is 17.0 Å². The highest BCUT2D eigenvalue weighted by Gasteiger charge is 2.36. The van der Waals surface area contributed by atoms with Crippen LogP contribution in [0.2, 0.25) is 10.0 Å². The van der Waals surface area contributed by atoms with Gasteiger partial charge in [-0.1, -0.05) is 41.4 Å². The van der Waals surface area contributed by atoms with Gasteiger partial charge >= 0.3 is 0 Å². The Bertz CT molecular complexity index is 992. The molecular weight excluding hydrogens is 430 g/mol. The Morgan fingerprint density at radius 1 is 1.20 bits per heavy atom. The van der Waals surface area contributed by atoms with Crippen molar-refractivity contribution in [1.29, 1.82) is 0 Å². The van der Waals surface area contributed by atoms with Crippen molar-refractivity contribution in [2.75, 3.05) is 13.1 Å². The van der Waals surface area contributed by atoms with Crippen LogP contribution in [-0.2, 0) is 16.0 Å². The highest BCUT2D eigenvalue weighted by atomic mass is 35.5. The Hall–Kier alpha value is -2.57. The quantitative estimate of drug-likeness (QED) is 0.605. The van der Waals surface area contributed by atoms with Crippen molar-refractivity contribution in [2.45, 2.75) is 25.8 Å². The van der Waals surface area contributed by atoms with Gasteiger partial charge in [-0.05, 0) is 55.2 Å². The van der Waals surface area contributed by atoms with Crippen molar-refractivity contribution in [3.63, 3.8) is 0 Å². The molecule has 0 saturated carbocycles. The summed E-state index contributed by atoms with van der Waals surface area (Å²) in [4.78, 5) is 26.3. The van der Waals surface area contributed by atoms with Crippen molar-refractivity contribution < 1.29 is 19.1 Å². The lowest BCUT2D eigenvalue weighted by molar-refractivity contribution is -0.129. The average Bonchev–Trinajstić information content (AvgIpc) is 3.03. The van der Waals surface area contributed by atoms with E-state index in [0.29, 0.717) is 35.0 Å². The van der Waals surface area contributed by atoms with Gasteiger partial charge in [0.15, 0.2) is 5.76 Å². The molecule has 2 aromatic carbocycles. The molecule has 0 fully saturated rings. The van der Waals surface area contributed by atoms with Gasteiger partial charge in [-0.25, -0.2) is 4.39 Å². The van der Waals surface area contributed by atoms with Crippen LogP contribution in [0.1, 0.15) is 30.5 Å². The Kier molecular flexibility index (Phi) is 7.00. The third-order valence-electron chi connectivity index (χ3n) is 5.08. The van der Waals surface area contributed by atoms with E-state index >= 15 is 0 Å². The highest BCUT2D eigenvalue weighted by Crippen LogP contribution is 2.28. The SMILES string of the molecule is C[C@@H](c1ccc(F)cc1)N1CC(C(=O)NCCCc2ccc(Cl)c(Cl)c2)=C(O)C1=O. The summed E-state index contributed by atoms with van der Waals surface area (Å²) in [6.07, 6.45) is 1.34. The molecule has 0 spiro atoms. The van der Waals surface area contributed by atoms with E-state index in [1.807, 2.05) is 6.07 Å². The minimum atomic E-state index is -0.618. The highest BCUT2D eigenvalue weighted by molar-refractivity contribution is 6.42. The molecule has 0 bridgehead atoms. The Morgan fingerprint density at radius 3 is 2.57 bits per heavy atom. The molecule has 1 aliphatic heterocycles. The molecule has 0 radical (unpaired) electrons. The average molecular weight is 451 g/mol. The standard InChI is InChI=1S/C22H21Cl2FN2O3/c1-13(15-5-7-16(25)8-6-15)27-12-17(20(28)22(27)30)21(29)26-10-2-3-14-4-9-18(23)19(24)11-14/h4-9,11,13,28H,2-3,10,12H2,1H3,(H,26,29)/t13-/m0/s1. The zero-order valence-corrected chi connectivity index (χ0v) is 17.8. The maximum Gasteiger partial charge on any atom is 0.290 e. The van der Waals surface area contributed by atoms with Crippen LogP contribution in [-0.4, -0.2) is 34.9 Å². The van der Waals surface area contributed by atoms with Gasteiger partial charge in [0, 0.05) is 6.54 Å². The Morgan fingerprint density at radius 2 is 1.90 bits per heavy atom. The third-order valence-corrected chi connectivity index (χ3v) is 5.82. The van der Waals surface area contributed by atoms with E-state index in [-0.39, 0.29) is 17.9 Å². The van der Waals surface area contributed by atoms with Crippen LogP contribution >= 0.6 is 23.2 Å². The second kappa shape index (κ2) is 9.49. The second-order valence-corrected chi connectivity index (χ2v) is 7.91. The summed E-state index contributed by atoms with van der Waals surface area (Å²) in [7, 11) is 0. The van der Waals surface area contributed by atoms with E-state index in [0.717, 1.165) is 5.56 Å². The maximum atomic E-state index is 13.1. The number of rotatable bonds is 7. The van der Waals surface area contributed by atoms with E-state index < -0.39 is 23.6 Å². The number of nitrogens with zero attached hydrogens (tertiary/aromatic N) is 1. The summed E-state index contributed by atoms with van der Waals surface area (Å²) in [6, 6.07) is 10.7. The topological polar surface area (TPSA) is 69.6 Å². The van der Waals surface area contributed by atoms with Crippen LogP contribution in [0.5, 0.6) is 0 Å². The first-order valence-corrected chi connectivity index (χ1v) is 10.2. The van der Waals surface area contributed by atoms with Gasteiger partial charge in [0.2, 0.25) is 0 Å². The molecular formula is C22H21Cl2FN2O3. The van der Waals surface area contributed by atoms with Gasteiger partial charge in [-0.3, -0.25) is 9.59 Å². The molecule has 0 aromatic heterocycles. The third kappa shape index (κ3) is 4.94. The number of halogens is 3. The zero-order chi connectivity index (χ0) is 21.8. The first kappa shape index (κ1) is 22.1. The molecule has 8 heteroatoms. The molecule has 1 atom stereocenters. The lowest BCUT2D eigenvalue weighted by atomic mass is 10.1. The predicted molar refractivity (Wildman–Crippen MR) is 114 cm³/mol. The number of aryl methyl sites for hydroxylation is 1. The summed E-state index contributed by atoms with van der Waals surface area (Å²) in [5.74, 6) is -2.02. The summed E-state index contributed by atoms with van der Waals surface area (Å²) >= 11 is 11.9. The van der Waals surface area contributed by atoms with Crippen molar-refractivity contribution >= 4 is 35.0 Å². The molecule has 5 nitrogen and oxygen atoms in total. The molecule has 1 heterocycles. The van der Waals surface area contributed by atoms with E-state index in [1.54, 1.807) is 31.2 Å². The minimum Gasteiger partial charge on any atom is -0.503 e. The van der Waals surface area contributed by atoms with Crippen LogP contribution < -0.4 is 5.32 Å². The number of carbonyl (C=O) groups is 2. The van der Waals surface area contributed by atoms with Crippen molar-refractivity contribution in [3.8, 4) is 0 Å². The van der Waals surface area contributed by atoms with E-state index in [9.17, 15) is 19.1 Å².